The molecule has 32 heavy (non-hydrogen) atoms. The van der Waals surface area contributed by atoms with Gasteiger partial charge in [0, 0.05) is 6.54 Å². The van der Waals surface area contributed by atoms with Crippen molar-refractivity contribution in [2.45, 2.75) is 33.8 Å². The van der Waals surface area contributed by atoms with Gasteiger partial charge in [-0.25, -0.2) is 9.13 Å². The van der Waals surface area contributed by atoms with Gasteiger partial charge in [0.2, 0.25) is 0 Å². The van der Waals surface area contributed by atoms with Crippen LogP contribution < -0.4 is 5.32 Å². The van der Waals surface area contributed by atoms with Crippen molar-refractivity contribution in [2.75, 3.05) is 39.6 Å². The zero-order valence-electron chi connectivity index (χ0n) is 18.5. The van der Waals surface area contributed by atoms with Crippen LogP contribution in [-0.2, 0) is 36.3 Å². The van der Waals surface area contributed by atoms with E-state index in [2.05, 4.69) is 5.32 Å². The Bertz CT molecular complexity index is 800. The first-order valence-corrected chi connectivity index (χ1v) is 12.9. The molecule has 0 aliphatic heterocycles. The molecule has 3 N–H and O–H groups in total. The second kappa shape index (κ2) is 13.9. The van der Waals surface area contributed by atoms with Gasteiger partial charge in [-0.15, -0.1) is 0 Å². The first kappa shape index (κ1) is 28.5. The zero-order chi connectivity index (χ0) is 24.2. The Labute approximate surface area is 187 Å². The Morgan fingerprint density at radius 2 is 1.44 bits per heavy atom. The summed E-state index contributed by atoms with van der Waals surface area (Å²) in [6.45, 7) is 5.74. The molecule has 0 fully saturated rings. The molecule has 0 spiro atoms. The number of carbonyl (C=O) groups is 1. The van der Waals surface area contributed by atoms with Crippen LogP contribution >= 0.6 is 15.6 Å². The third-order valence-electron chi connectivity index (χ3n) is 3.56. The molecular formula is C18H31NO11P2. The van der Waals surface area contributed by atoms with Crippen LogP contribution in [0.25, 0.3) is 0 Å². The molecule has 1 aromatic rings. The maximum absolute atomic E-state index is 12.8. The summed E-state index contributed by atoms with van der Waals surface area (Å²) in [5, 5.41) is 21.8. The van der Waals surface area contributed by atoms with E-state index >= 15 is 0 Å². The van der Waals surface area contributed by atoms with E-state index in [4.69, 9.17) is 27.1 Å². The van der Waals surface area contributed by atoms with Gasteiger partial charge in [-0.3, -0.25) is 31.9 Å². The highest BCUT2D eigenvalue weighted by Crippen LogP contribution is 2.52. The van der Waals surface area contributed by atoms with Gasteiger partial charge in [-0.2, -0.15) is 0 Å². The molecule has 1 rings (SSSR count). The number of amides is 1. The maximum atomic E-state index is 12.8. The first-order valence-electron chi connectivity index (χ1n) is 10.0. The number of phenols is 2. The Kier molecular flexibility index (Phi) is 12.4. The second-order valence-corrected chi connectivity index (χ2v) is 9.29. The van der Waals surface area contributed by atoms with Crippen molar-refractivity contribution in [3.8, 4) is 11.5 Å². The highest BCUT2D eigenvalue weighted by Gasteiger charge is 2.34. The van der Waals surface area contributed by atoms with Gasteiger partial charge in [0.15, 0.2) is 0 Å². The monoisotopic (exact) mass is 499 g/mol. The predicted octanol–water partition coefficient (Wildman–Crippen LogP) is 3.59. The molecule has 12 nitrogen and oxygen atoms in total. The van der Waals surface area contributed by atoms with Gasteiger partial charge >= 0.3 is 15.6 Å². The molecule has 14 heteroatoms. The van der Waals surface area contributed by atoms with E-state index in [1.165, 1.54) is 6.07 Å². The number of hydrogen-bond donors (Lipinski definition) is 3. The highest BCUT2D eigenvalue weighted by molar-refractivity contribution is 7.48. The number of benzene rings is 1. The summed E-state index contributed by atoms with van der Waals surface area (Å²) >= 11 is 0. The van der Waals surface area contributed by atoms with Crippen LogP contribution in [0.5, 0.6) is 11.5 Å². The van der Waals surface area contributed by atoms with Crippen molar-refractivity contribution in [3.63, 3.8) is 0 Å². The first-order chi connectivity index (χ1) is 15.1. The van der Waals surface area contributed by atoms with Crippen molar-refractivity contribution >= 4 is 21.6 Å². The average molecular weight is 499 g/mol. The lowest BCUT2D eigenvalue weighted by Crippen LogP contribution is -2.36. The zero-order valence-corrected chi connectivity index (χ0v) is 20.3. The van der Waals surface area contributed by atoms with E-state index in [9.17, 15) is 24.1 Å². The molecule has 0 aliphatic carbocycles. The smallest absolute Gasteiger partial charge is 0.475 e. The lowest BCUT2D eigenvalue weighted by Gasteiger charge is -2.25. The number of phosphoric acid groups is 2. The summed E-state index contributed by atoms with van der Waals surface area (Å²) in [4.78, 5) is 12.4. The highest BCUT2D eigenvalue weighted by atomic mass is 31.2. The van der Waals surface area contributed by atoms with E-state index in [1.807, 2.05) is 0 Å². The minimum Gasteiger partial charge on any atom is -0.508 e. The van der Waals surface area contributed by atoms with Gasteiger partial charge in [0.1, 0.15) is 17.6 Å². The molecule has 0 aromatic heterocycles. The number of phenolic OH excluding ortho intramolecular Hbond substituents is 2. The van der Waals surface area contributed by atoms with E-state index in [0.29, 0.717) is 0 Å². The number of carbonyl (C=O) groups excluding carboxylic acids is 1. The lowest BCUT2D eigenvalue weighted by molar-refractivity contribution is 0.0385. The van der Waals surface area contributed by atoms with Gasteiger partial charge in [-0.1, -0.05) is 0 Å². The standard InChI is InChI=1S/C18H31NO11P2/c1-5-25-31(23,26-6-2)29-13-15(30-32(24,27-7-3)28-8-4)12-19-18(22)16-11-14(20)9-10-17(16)21/h9-11,15,20-21H,5-8,12-13H2,1-4H3,(H,19,22). The summed E-state index contributed by atoms with van der Waals surface area (Å²) in [5.74, 6) is -1.34. The Morgan fingerprint density at radius 1 is 0.906 bits per heavy atom. The fourth-order valence-electron chi connectivity index (χ4n) is 2.33. The third-order valence-corrected chi connectivity index (χ3v) is 6.88. The minimum absolute atomic E-state index is 0.0186. The number of phosphoric ester groups is 2. The van der Waals surface area contributed by atoms with E-state index in [-0.39, 0.29) is 50.0 Å². The number of aromatic hydroxyl groups is 2. The molecular weight excluding hydrogens is 468 g/mol. The molecule has 0 heterocycles. The largest absolute Gasteiger partial charge is 0.508 e. The van der Waals surface area contributed by atoms with Gasteiger partial charge in [0.05, 0.1) is 38.6 Å². The molecule has 184 valence electrons. The van der Waals surface area contributed by atoms with E-state index in [0.717, 1.165) is 12.1 Å². The Balaban J connectivity index is 2.99. The summed E-state index contributed by atoms with van der Waals surface area (Å²) in [7, 11) is -7.96. The van der Waals surface area contributed by atoms with Crippen LogP contribution in [-0.4, -0.2) is 61.8 Å². The SMILES string of the molecule is CCOP(=O)(OCC)OCC(CNC(=O)c1cc(O)ccc1O)OP(=O)(OCC)OCC. The van der Waals surface area contributed by atoms with E-state index < -0.39 is 34.3 Å². The van der Waals surface area contributed by atoms with Crippen LogP contribution in [0.3, 0.4) is 0 Å². The molecule has 1 amide bonds. The fraction of sp³-hybridized carbons (Fsp3) is 0.611. The third kappa shape index (κ3) is 9.56. The quantitative estimate of drug-likeness (QED) is 0.225. The summed E-state index contributed by atoms with van der Waals surface area (Å²) < 4.78 is 56.3. The van der Waals surface area contributed by atoms with Gasteiger partial charge < -0.3 is 15.5 Å². The van der Waals surface area contributed by atoms with Crippen LogP contribution in [0.2, 0.25) is 0 Å². The molecule has 1 atom stereocenters. The minimum atomic E-state index is -4.03. The molecule has 1 unspecified atom stereocenters. The molecule has 0 bridgehead atoms. The van der Waals surface area contributed by atoms with Crippen LogP contribution in [0.1, 0.15) is 38.1 Å². The Hall–Kier alpha value is -1.49. The molecule has 0 radical (unpaired) electrons. The molecule has 1 aromatic carbocycles. The van der Waals surface area contributed by atoms with Crippen LogP contribution in [0.4, 0.5) is 0 Å². The fourth-order valence-corrected chi connectivity index (χ4v) is 4.87. The maximum Gasteiger partial charge on any atom is 0.475 e. The van der Waals surface area contributed by atoms with Crippen molar-refractivity contribution in [3.05, 3.63) is 23.8 Å². The molecule has 0 saturated carbocycles. The summed E-state index contributed by atoms with van der Waals surface area (Å²) in [5.41, 5.74) is -0.197. The topological polar surface area (TPSA) is 159 Å². The summed E-state index contributed by atoms with van der Waals surface area (Å²) in [6.07, 6.45) is -1.17. The molecule has 0 aliphatic rings. The number of nitrogens with one attached hydrogen (secondary N) is 1. The van der Waals surface area contributed by atoms with Gasteiger partial charge in [0.25, 0.3) is 5.91 Å². The number of hydrogen-bond acceptors (Lipinski definition) is 11. The van der Waals surface area contributed by atoms with Crippen molar-refractivity contribution in [1.82, 2.24) is 5.32 Å². The second-order valence-electron chi connectivity index (χ2n) is 6.00. The van der Waals surface area contributed by atoms with Crippen LogP contribution in [0.15, 0.2) is 18.2 Å². The van der Waals surface area contributed by atoms with E-state index in [1.54, 1.807) is 27.7 Å². The predicted molar refractivity (Wildman–Crippen MR) is 115 cm³/mol. The summed E-state index contributed by atoms with van der Waals surface area (Å²) in [6, 6.07) is 3.44. The van der Waals surface area contributed by atoms with Crippen molar-refractivity contribution < 1.29 is 51.3 Å². The average Bonchev–Trinajstić information content (AvgIpc) is 2.72. The van der Waals surface area contributed by atoms with Crippen molar-refractivity contribution in [2.24, 2.45) is 0 Å². The Morgan fingerprint density at radius 3 is 1.97 bits per heavy atom. The van der Waals surface area contributed by atoms with Crippen LogP contribution in [0, 0.1) is 0 Å². The lowest BCUT2D eigenvalue weighted by atomic mass is 10.1. The molecule has 0 saturated heterocycles. The number of rotatable bonds is 16. The van der Waals surface area contributed by atoms with Crippen molar-refractivity contribution in [1.29, 1.82) is 0 Å². The van der Waals surface area contributed by atoms with Gasteiger partial charge in [-0.05, 0) is 45.9 Å². The normalized spacial score (nSPS) is 13.1.